The average Bonchev–Trinajstić information content (AvgIpc) is 3.26. The topological polar surface area (TPSA) is 110 Å². The van der Waals surface area contributed by atoms with Crippen LogP contribution in [0.2, 0.25) is 0 Å². The molecule has 0 aliphatic carbocycles. The quantitative estimate of drug-likeness (QED) is 0.499. The zero-order chi connectivity index (χ0) is 22.7. The Balaban J connectivity index is 1.51. The number of nitrogens with one attached hydrogen (secondary N) is 2. The molecule has 2 heterocycles. The molecule has 3 N–H and O–H groups in total. The van der Waals surface area contributed by atoms with E-state index in [4.69, 9.17) is 14.2 Å². The molecule has 0 bridgehead atoms. The number of hydrogen-bond acceptors (Lipinski definition) is 6. The summed E-state index contributed by atoms with van der Waals surface area (Å²) >= 11 is 0. The first-order valence-electron chi connectivity index (χ1n) is 10.6. The van der Waals surface area contributed by atoms with Crippen LogP contribution in [0.1, 0.15) is 41.3 Å². The van der Waals surface area contributed by atoms with Gasteiger partial charge in [0.15, 0.2) is 11.5 Å². The Morgan fingerprint density at radius 1 is 1.22 bits per heavy atom. The number of aromatic nitrogens is 1. The fraction of sp³-hybridized carbons (Fsp3) is 0.333. The predicted molar refractivity (Wildman–Crippen MR) is 119 cm³/mol. The molecule has 2 aromatic carbocycles. The molecule has 0 radical (unpaired) electrons. The van der Waals surface area contributed by atoms with E-state index in [9.17, 15) is 14.7 Å². The van der Waals surface area contributed by atoms with E-state index in [0.717, 1.165) is 11.1 Å². The molecule has 1 amide bonds. The van der Waals surface area contributed by atoms with Crippen molar-refractivity contribution < 1.29 is 24.1 Å². The van der Waals surface area contributed by atoms with Crippen molar-refractivity contribution in [3.05, 3.63) is 63.4 Å². The predicted octanol–water partition coefficient (Wildman–Crippen LogP) is 3.04. The highest BCUT2D eigenvalue weighted by Crippen LogP contribution is 2.32. The fourth-order valence-corrected chi connectivity index (χ4v) is 3.54. The van der Waals surface area contributed by atoms with Gasteiger partial charge in [0, 0.05) is 18.4 Å². The Kier molecular flexibility index (Phi) is 6.32. The van der Waals surface area contributed by atoms with Gasteiger partial charge >= 0.3 is 0 Å². The van der Waals surface area contributed by atoms with Crippen molar-refractivity contribution >= 4 is 16.8 Å². The summed E-state index contributed by atoms with van der Waals surface area (Å²) in [5.74, 6) is 1.38. The van der Waals surface area contributed by atoms with Crippen LogP contribution in [0.4, 0.5) is 0 Å². The van der Waals surface area contributed by atoms with Crippen molar-refractivity contribution in [2.75, 3.05) is 13.4 Å². The van der Waals surface area contributed by atoms with Gasteiger partial charge in [0.1, 0.15) is 11.3 Å². The van der Waals surface area contributed by atoms with Gasteiger partial charge in [-0.15, -0.1) is 0 Å². The lowest BCUT2D eigenvalue weighted by Crippen LogP contribution is -2.29. The Morgan fingerprint density at radius 2 is 2.03 bits per heavy atom. The van der Waals surface area contributed by atoms with Crippen LogP contribution in [-0.4, -0.2) is 35.5 Å². The number of aliphatic hydroxyl groups is 1. The van der Waals surface area contributed by atoms with E-state index in [1.807, 2.05) is 32.0 Å². The first-order valence-corrected chi connectivity index (χ1v) is 10.6. The number of hydrogen-bond donors (Lipinski definition) is 3. The zero-order valence-electron chi connectivity index (χ0n) is 18.1. The number of aromatic amines is 1. The summed E-state index contributed by atoms with van der Waals surface area (Å²) in [6.45, 7) is 4.55. The highest BCUT2D eigenvalue weighted by atomic mass is 16.7. The average molecular weight is 438 g/mol. The van der Waals surface area contributed by atoms with E-state index in [2.05, 4.69) is 10.3 Å². The molecule has 0 fully saturated rings. The molecule has 1 unspecified atom stereocenters. The molecule has 0 saturated heterocycles. The molecule has 8 heteroatoms. The van der Waals surface area contributed by atoms with E-state index in [0.29, 0.717) is 47.6 Å². The maximum absolute atomic E-state index is 12.7. The normalized spacial score (nSPS) is 13.2. The van der Waals surface area contributed by atoms with Crippen LogP contribution >= 0.6 is 0 Å². The number of carbonyl (C=O) groups excluding carboxylic acids is 1. The van der Waals surface area contributed by atoms with Gasteiger partial charge in [0.05, 0.1) is 18.2 Å². The second-order valence-electron chi connectivity index (χ2n) is 7.76. The van der Waals surface area contributed by atoms with Crippen LogP contribution < -0.4 is 25.1 Å². The van der Waals surface area contributed by atoms with Crippen molar-refractivity contribution in [3.8, 4) is 17.2 Å². The van der Waals surface area contributed by atoms with E-state index in [1.54, 1.807) is 18.2 Å². The summed E-state index contributed by atoms with van der Waals surface area (Å²) < 4.78 is 16.5. The van der Waals surface area contributed by atoms with Crippen molar-refractivity contribution in [3.63, 3.8) is 0 Å². The second-order valence-corrected chi connectivity index (χ2v) is 7.76. The first kappa shape index (κ1) is 21.7. The van der Waals surface area contributed by atoms with Crippen LogP contribution in [-0.2, 0) is 6.54 Å². The van der Waals surface area contributed by atoms with E-state index in [-0.39, 0.29) is 18.9 Å². The summed E-state index contributed by atoms with van der Waals surface area (Å²) in [6.07, 6.45) is 0.723. The second kappa shape index (κ2) is 9.32. The molecule has 4 rings (SSSR count). The molecule has 0 saturated carbocycles. The smallest absolute Gasteiger partial charge is 0.261 e. The highest BCUT2D eigenvalue weighted by molar-refractivity contribution is 5.98. The van der Waals surface area contributed by atoms with Crippen LogP contribution in [0, 0.1) is 6.92 Å². The number of carbonyl (C=O) groups is 1. The number of rotatable bonds is 8. The van der Waals surface area contributed by atoms with Gasteiger partial charge < -0.3 is 29.6 Å². The molecule has 1 aliphatic rings. The number of ether oxygens (including phenoxy) is 3. The van der Waals surface area contributed by atoms with Gasteiger partial charge in [0.2, 0.25) is 6.79 Å². The van der Waals surface area contributed by atoms with Crippen LogP contribution in [0.5, 0.6) is 17.2 Å². The van der Waals surface area contributed by atoms with Crippen LogP contribution in [0.25, 0.3) is 10.9 Å². The maximum atomic E-state index is 12.7. The number of H-pyrrole nitrogens is 1. The maximum Gasteiger partial charge on any atom is 0.261 e. The highest BCUT2D eigenvalue weighted by Gasteiger charge is 2.17. The number of aliphatic hydroxyl groups excluding tert-OH is 1. The number of fused-ring (bicyclic) bond motifs is 2. The van der Waals surface area contributed by atoms with Gasteiger partial charge in [-0.25, -0.2) is 0 Å². The van der Waals surface area contributed by atoms with Gasteiger partial charge in [-0.1, -0.05) is 25.1 Å². The van der Waals surface area contributed by atoms with E-state index < -0.39 is 17.6 Å². The van der Waals surface area contributed by atoms with Crippen molar-refractivity contribution in [2.24, 2.45) is 0 Å². The molecule has 8 nitrogen and oxygen atoms in total. The minimum atomic E-state index is -0.496. The molecule has 1 atom stereocenters. The Hall–Kier alpha value is -3.52. The molecule has 1 aliphatic heterocycles. The van der Waals surface area contributed by atoms with Gasteiger partial charge in [0.25, 0.3) is 11.5 Å². The summed E-state index contributed by atoms with van der Waals surface area (Å²) in [5, 5.41) is 13.2. The Bertz CT molecular complexity index is 1200. The van der Waals surface area contributed by atoms with Crippen molar-refractivity contribution in [1.82, 2.24) is 10.3 Å². The Morgan fingerprint density at radius 3 is 2.84 bits per heavy atom. The lowest BCUT2D eigenvalue weighted by atomic mass is 10.1. The lowest BCUT2D eigenvalue weighted by molar-refractivity contribution is 0.0949. The summed E-state index contributed by atoms with van der Waals surface area (Å²) in [5.41, 5.74) is 1.76. The summed E-state index contributed by atoms with van der Waals surface area (Å²) in [7, 11) is 0. The molecule has 3 aromatic rings. The Labute approximate surface area is 185 Å². The van der Waals surface area contributed by atoms with Crippen molar-refractivity contribution in [1.29, 1.82) is 0 Å². The lowest BCUT2D eigenvalue weighted by Gasteiger charge is -2.14. The molecule has 168 valence electrons. The van der Waals surface area contributed by atoms with E-state index >= 15 is 0 Å². The van der Waals surface area contributed by atoms with Crippen molar-refractivity contribution in [2.45, 2.75) is 39.3 Å². The molecule has 0 spiro atoms. The summed E-state index contributed by atoms with van der Waals surface area (Å²) in [6, 6.07) is 10.7. The number of amides is 1. The minimum Gasteiger partial charge on any atom is -0.491 e. The standard InChI is InChI=1S/C24H26N2O6/c1-3-17(27)8-9-30-22-14(2)4-6-16-11-18(24(29)26-21(16)22)23(28)25-12-15-5-7-19-20(10-15)32-13-31-19/h4-7,10-11,17,27H,3,8-9,12-13H2,1-2H3,(H,25,28)(H,26,29). The molecular formula is C24H26N2O6. The summed E-state index contributed by atoms with van der Waals surface area (Å²) in [4.78, 5) is 28.2. The van der Waals surface area contributed by atoms with Gasteiger partial charge in [-0.05, 0) is 42.7 Å². The third-order valence-corrected chi connectivity index (χ3v) is 5.47. The van der Waals surface area contributed by atoms with Crippen LogP contribution in [0.3, 0.4) is 0 Å². The van der Waals surface area contributed by atoms with E-state index in [1.165, 1.54) is 0 Å². The monoisotopic (exact) mass is 438 g/mol. The number of benzene rings is 2. The minimum absolute atomic E-state index is 0.0226. The largest absolute Gasteiger partial charge is 0.491 e. The fourth-order valence-electron chi connectivity index (χ4n) is 3.54. The molecule has 1 aromatic heterocycles. The third-order valence-electron chi connectivity index (χ3n) is 5.47. The molecular weight excluding hydrogens is 412 g/mol. The molecule has 32 heavy (non-hydrogen) atoms. The van der Waals surface area contributed by atoms with Crippen LogP contribution in [0.15, 0.2) is 41.2 Å². The first-order chi connectivity index (χ1) is 15.5. The number of pyridine rings is 1. The zero-order valence-corrected chi connectivity index (χ0v) is 18.1. The van der Waals surface area contributed by atoms with Gasteiger partial charge in [-0.3, -0.25) is 9.59 Å². The third kappa shape index (κ3) is 4.55. The number of aryl methyl sites for hydroxylation is 1. The van der Waals surface area contributed by atoms with Gasteiger partial charge in [-0.2, -0.15) is 0 Å². The SMILES string of the molecule is CCC(O)CCOc1c(C)ccc2cc(C(=O)NCc3ccc4c(c3)OCO4)c(=O)[nH]c12.